The van der Waals surface area contributed by atoms with E-state index < -0.39 is 0 Å². The molecule has 0 amide bonds. The van der Waals surface area contributed by atoms with Gasteiger partial charge in [0.25, 0.3) is 0 Å². The molecule has 1 aromatic rings. The van der Waals surface area contributed by atoms with Gasteiger partial charge in [-0.2, -0.15) is 0 Å². The van der Waals surface area contributed by atoms with E-state index in [0.29, 0.717) is 11.8 Å². The van der Waals surface area contributed by atoms with Crippen molar-refractivity contribution < 1.29 is 5.11 Å². The van der Waals surface area contributed by atoms with Gasteiger partial charge >= 0.3 is 0 Å². The molecular weight excluding hydrogens is 254 g/mol. The van der Waals surface area contributed by atoms with E-state index in [9.17, 15) is 5.11 Å². The van der Waals surface area contributed by atoms with Crippen LogP contribution >= 0.6 is 11.8 Å². The summed E-state index contributed by atoms with van der Waals surface area (Å²) in [5.41, 5.74) is 7.48. The molecule has 0 aromatic heterocycles. The first-order chi connectivity index (χ1) is 9.23. The van der Waals surface area contributed by atoms with Gasteiger partial charge in [0.05, 0.1) is 6.10 Å². The summed E-state index contributed by atoms with van der Waals surface area (Å²) in [7, 11) is 0. The lowest BCUT2D eigenvalue weighted by Crippen LogP contribution is -2.45. The second-order valence-electron chi connectivity index (χ2n) is 6.08. The van der Waals surface area contributed by atoms with Crippen LogP contribution in [-0.4, -0.2) is 23.0 Å². The van der Waals surface area contributed by atoms with E-state index >= 15 is 0 Å². The number of aliphatic hydroxyl groups excluding tert-OH is 1. The van der Waals surface area contributed by atoms with Gasteiger partial charge in [0.1, 0.15) is 0 Å². The van der Waals surface area contributed by atoms with E-state index in [1.54, 1.807) is 0 Å². The van der Waals surface area contributed by atoms with Gasteiger partial charge < -0.3 is 10.8 Å². The molecule has 3 unspecified atom stereocenters. The highest BCUT2D eigenvalue weighted by atomic mass is 32.2. The van der Waals surface area contributed by atoms with Gasteiger partial charge in [-0.1, -0.05) is 31.0 Å². The van der Waals surface area contributed by atoms with Crippen molar-refractivity contribution in [1.29, 1.82) is 0 Å². The molecule has 3 heteroatoms. The summed E-state index contributed by atoms with van der Waals surface area (Å²) in [4.78, 5) is 1.42. The number of hydrogen-bond acceptors (Lipinski definition) is 3. The second kappa shape index (κ2) is 5.47. The van der Waals surface area contributed by atoms with Crippen LogP contribution < -0.4 is 5.73 Å². The molecule has 1 aliphatic carbocycles. The monoisotopic (exact) mass is 277 g/mol. The lowest BCUT2D eigenvalue weighted by atomic mass is 9.68. The van der Waals surface area contributed by atoms with Crippen LogP contribution in [0.1, 0.15) is 37.7 Å². The molecule has 1 saturated carbocycles. The van der Waals surface area contributed by atoms with Crippen molar-refractivity contribution in [3.8, 4) is 0 Å². The minimum absolute atomic E-state index is 0.0298. The third-order valence-electron chi connectivity index (χ3n) is 4.86. The zero-order valence-corrected chi connectivity index (χ0v) is 12.2. The van der Waals surface area contributed by atoms with Gasteiger partial charge in [-0.15, -0.1) is 11.8 Å². The Labute approximate surface area is 119 Å². The zero-order valence-electron chi connectivity index (χ0n) is 11.3. The largest absolute Gasteiger partial charge is 0.393 e. The Morgan fingerprint density at radius 1 is 1.32 bits per heavy atom. The quantitative estimate of drug-likeness (QED) is 0.893. The highest BCUT2D eigenvalue weighted by Crippen LogP contribution is 2.46. The number of rotatable bonds is 3. The van der Waals surface area contributed by atoms with Crippen molar-refractivity contribution in [3.05, 3.63) is 29.8 Å². The van der Waals surface area contributed by atoms with Crippen LogP contribution in [0.25, 0.3) is 0 Å². The van der Waals surface area contributed by atoms with Crippen molar-refractivity contribution in [2.45, 2.75) is 54.8 Å². The summed E-state index contributed by atoms with van der Waals surface area (Å²) in [6, 6.07) is 8.68. The van der Waals surface area contributed by atoms with E-state index in [1.165, 1.54) is 16.9 Å². The zero-order chi connectivity index (χ0) is 13.3. The van der Waals surface area contributed by atoms with E-state index in [0.717, 1.165) is 32.1 Å². The standard InChI is InChI=1S/C16H23NOS/c17-11-16(8-4-3-7-15(16)18)10-13-9-12-5-1-2-6-14(12)19-13/h1-2,5-6,13,15,18H,3-4,7-11,17H2. The first-order valence-electron chi connectivity index (χ1n) is 7.36. The molecule has 2 aliphatic rings. The minimum atomic E-state index is -0.199. The molecule has 3 N–H and O–H groups in total. The summed E-state index contributed by atoms with van der Waals surface area (Å²) in [5, 5.41) is 11.0. The Morgan fingerprint density at radius 2 is 2.16 bits per heavy atom. The molecule has 3 rings (SSSR count). The highest BCUT2D eigenvalue weighted by Gasteiger charge is 2.41. The summed E-state index contributed by atoms with van der Waals surface area (Å²) in [6.07, 6.45) is 6.40. The van der Waals surface area contributed by atoms with Gasteiger partial charge in [-0.25, -0.2) is 0 Å². The average Bonchev–Trinajstić information content (AvgIpc) is 2.83. The fraction of sp³-hybridized carbons (Fsp3) is 0.625. The first-order valence-corrected chi connectivity index (χ1v) is 8.24. The number of benzene rings is 1. The van der Waals surface area contributed by atoms with E-state index in [4.69, 9.17) is 5.73 Å². The Bertz CT molecular complexity index is 425. The molecule has 2 nitrogen and oxygen atoms in total. The predicted molar refractivity (Wildman–Crippen MR) is 80.4 cm³/mol. The molecule has 1 heterocycles. The van der Waals surface area contributed by atoms with E-state index in [-0.39, 0.29) is 11.5 Å². The maximum Gasteiger partial charge on any atom is 0.0608 e. The summed E-state index contributed by atoms with van der Waals surface area (Å²) in [6.45, 7) is 0.627. The first kappa shape index (κ1) is 13.5. The van der Waals surface area contributed by atoms with Crippen molar-refractivity contribution in [2.24, 2.45) is 11.1 Å². The molecule has 1 fully saturated rings. The maximum atomic E-state index is 10.4. The van der Waals surface area contributed by atoms with Gasteiger partial charge in [-0.05, 0) is 37.3 Å². The topological polar surface area (TPSA) is 46.2 Å². The number of fused-ring (bicyclic) bond motifs is 1. The maximum absolute atomic E-state index is 10.4. The summed E-state index contributed by atoms with van der Waals surface area (Å²) in [5.74, 6) is 0. The third kappa shape index (κ3) is 2.56. The van der Waals surface area contributed by atoms with Gasteiger partial charge in [-0.3, -0.25) is 0 Å². The van der Waals surface area contributed by atoms with Crippen LogP contribution in [-0.2, 0) is 6.42 Å². The number of thioether (sulfide) groups is 1. The SMILES string of the molecule is NCC1(CC2Cc3ccccc3S2)CCCCC1O. The molecule has 1 aromatic carbocycles. The van der Waals surface area contributed by atoms with Crippen molar-refractivity contribution in [1.82, 2.24) is 0 Å². The molecule has 104 valence electrons. The molecule has 3 atom stereocenters. The second-order valence-corrected chi connectivity index (χ2v) is 7.43. The smallest absolute Gasteiger partial charge is 0.0608 e. The predicted octanol–water partition coefficient (Wildman–Crippen LogP) is 2.97. The summed E-state index contributed by atoms with van der Waals surface area (Å²) >= 11 is 1.98. The fourth-order valence-corrected chi connectivity index (χ4v) is 5.17. The van der Waals surface area contributed by atoms with Crippen molar-refractivity contribution in [2.75, 3.05) is 6.54 Å². The Balaban J connectivity index is 1.71. The Kier molecular flexibility index (Phi) is 3.88. The molecule has 0 spiro atoms. The van der Waals surface area contributed by atoms with Crippen LogP contribution in [0.3, 0.4) is 0 Å². The minimum Gasteiger partial charge on any atom is -0.393 e. The van der Waals surface area contributed by atoms with Crippen LogP contribution in [0, 0.1) is 5.41 Å². The van der Waals surface area contributed by atoms with Gasteiger partial charge in [0.15, 0.2) is 0 Å². The fourth-order valence-electron chi connectivity index (χ4n) is 3.67. The van der Waals surface area contributed by atoms with Crippen molar-refractivity contribution in [3.63, 3.8) is 0 Å². The molecule has 19 heavy (non-hydrogen) atoms. The molecule has 0 radical (unpaired) electrons. The van der Waals surface area contributed by atoms with Crippen molar-refractivity contribution >= 4 is 11.8 Å². The molecule has 0 bridgehead atoms. The summed E-state index contributed by atoms with van der Waals surface area (Å²) < 4.78 is 0. The molecule has 1 aliphatic heterocycles. The van der Waals surface area contributed by atoms with Crippen LogP contribution in [0.5, 0.6) is 0 Å². The third-order valence-corrected chi connectivity index (χ3v) is 6.18. The van der Waals surface area contributed by atoms with Crippen LogP contribution in [0.15, 0.2) is 29.2 Å². The molecular formula is C16H23NOS. The average molecular weight is 277 g/mol. The van der Waals surface area contributed by atoms with E-state index in [1.807, 2.05) is 11.8 Å². The highest BCUT2D eigenvalue weighted by molar-refractivity contribution is 8.00. The van der Waals surface area contributed by atoms with Crippen LogP contribution in [0.4, 0.5) is 0 Å². The number of aliphatic hydroxyl groups is 1. The molecule has 0 saturated heterocycles. The Hall–Kier alpha value is -0.510. The lowest BCUT2D eigenvalue weighted by molar-refractivity contribution is -0.0118. The number of hydrogen-bond donors (Lipinski definition) is 2. The normalized spacial score (nSPS) is 34.2. The van der Waals surface area contributed by atoms with Gasteiger partial charge in [0.2, 0.25) is 0 Å². The Morgan fingerprint density at radius 3 is 2.89 bits per heavy atom. The van der Waals surface area contributed by atoms with E-state index in [2.05, 4.69) is 24.3 Å². The van der Waals surface area contributed by atoms with Crippen LogP contribution in [0.2, 0.25) is 0 Å². The van der Waals surface area contributed by atoms with Gasteiger partial charge in [0, 0.05) is 22.1 Å². The lowest BCUT2D eigenvalue weighted by Gasteiger charge is -2.42. The number of nitrogens with two attached hydrogens (primary N) is 1.